The molecule has 0 aliphatic rings. The number of aryl methyl sites for hydroxylation is 1. The van der Waals surface area contributed by atoms with Gasteiger partial charge < -0.3 is 9.73 Å². The molecule has 5 heteroatoms. The Morgan fingerprint density at radius 3 is 2.88 bits per heavy atom. The summed E-state index contributed by atoms with van der Waals surface area (Å²) in [5, 5.41) is 10.7. The van der Waals surface area contributed by atoms with Gasteiger partial charge >= 0.3 is 0 Å². The van der Waals surface area contributed by atoms with E-state index in [9.17, 15) is 4.39 Å². The number of hydrogen-bond donors (Lipinski definition) is 1. The van der Waals surface area contributed by atoms with Gasteiger partial charge in [-0.3, -0.25) is 0 Å². The topological polar surface area (TPSA) is 51.0 Å². The number of aromatic nitrogens is 2. The molecule has 0 amide bonds. The van der Waals surface area contributed by atoms with E-state index < -0.39 is 0 Å². The van der Waals surface area contributed by atoms with Crippen LogP contribution in [0.25, 0.3) is 11.5 Å². The van der Waals surface area contributed by atoms with Crippen LogP contribution in [0.2, 0.25) is 0 Å². The highest BCUT2D eigenvalue weighted by molar-refractivity contribution is 5.57. The zero-order valence-corrected chi connectivity index (χ0v) is 9.12. The highest BCUT2D eigenvalue weighted by atomic mass is 19.1. The van der Waals surface area contributed by atoms with E-state index in [0.29, 0.717) is 18.3 Å². The van der Waals surface area contributed by atoms with Crippen LogP contribution < -0.4 is 5.32 Å². The quantitative estimate of drug-likeness (QED) is 0.860. The molecule has 0 spiro atoms. The first-order valence-corrected chi connectivity index (χ1v) is 4.94. The number of rotatable bonds is 3. The smallest absolute Gasteiger partial charge is 0.248 e. The molecule has 0 aliphatic heterocycles. The standard InChI is InChI=1S/C11H12FN3O/c1-7-5-8(12)3-4-9(7)11-15-14-10(16-11)6-13-2/h3-5,13H,6H2,1-2H3. The van der Waals surface area contributed by atoms with Gasteiger partial charge in [-0.15, -0.1) is 10.2 Å². The van der Waals surface area contributed by atoms with Gasteiger partial charge in [0.15, 0.2) is 0 Å². The number of hydrogen-bond acceptors (Lipinski definition) is 4. The Kier molecular flexibility index (Phi) is 2.96. The zero-order valence-electron chi connectivity index (χ0n) is 9.12. The van der Waals surface area contributed by atoms with Gasteiger partial charge in [0.2, 0.25) is 11.8 Å². The van der Waals surface area contributed by atoms with E-state index in [1.165, 1.54) is 12.1 Å². The normalized spacial score (nSPS) is 10.7. The van der Waals surface area contributed by atoms with Crippen molar-refractivity contribution in [1.82, 2.24) is 15.5 Å². The molecule has 84 valence electrons. The predicted octanol–water partition coefficient (Wildman–Crippen LogP) is 1.90. The van der Waals surface area contributed by atoms with Gasteiger partial charge in [0.1, 0.15) is 5.82 Å². The Labute approximate surface area is 92.5 Å². The summed E-state index contributed by atoms with van der Waals surface area (Å²) in [5.74, 6) is 0.667. The first-order valence-electron chi connectivity index (χ1n) is 4.94. The second-order valence-electron chi connectivity index (χ2n) is 3.49. The van der Waals surface area contributed by atoms with Crippen molar-refractivity contribution < 1.29 is 8.81 Å². The molecule has 1 N–H and O–H groups in total. The molecule has 0 unspecified atom stereocenters. The third-order valence-corrected chi connectivity index (χ3v) is 2.21. The number of benzene rings is 1. The van der Waals surface area contributed by atoms with Crippen LogP contribution in [0.1, 0.15) is 11.5 Å². The Morgan fingerprint density at radius 1 is 1.38 bits per heavy atom. The van der Waals surface area contributed by atoms with Crippen LogP contribution in [0.3, 0.4) is 0 Å². The Bertz CT molecular complexity index is 496. The molecule has 0 radical (unpaired) electrons. The van der Waals surface area contributed by atoms with Crippen molar-refractivity contribution in [3.8, 4) is 11.5 Å². The van der Waals surface area contributed by atoms with Crippen LogP contribution in [0.5, 0.6) is 0 Å². The second-order valence-corrected chi connectivity index (χ2v) is 3.49. The fourth-order valence-corrected chi connectivity index (χ4v) is 1.45. The Balaban J connectivity index is 2.35. The summed E-state index contributed by atoms with van der Waals surface area (Å²) in [6, 6.07) is 4.46. The number of nitrogens with zero attached hydrogens (tertiary/aromatic N) is 2. The summed E-state index contributed by atoms with van der Waals surface area (Å²) in [6.45, 7) is 2.33. The van der Waals surface area contributed by atoms with Gasteiger partial charge in [-0.2, -0.15) is 0 Å². The first kappa shape index (κ1) is 10.8. The van der Waals surface area contributed by atoms with E-state index in [4.69, 9.17) is 4.42 Å². The molecular weight excluding hydrogens is 209 g/mol. The molecule has 1 aromatic carbocycles. The molecule has 2 aromatic rings. The fraction of sp³-hybridized carbons (Fsp3) is 0.273. The maximum atomic E-state index is 12.9. The average Bonchev–Trinajstić information content (AvgIpc) is 2.67. The van der Waals surface area contributed by atoms with Crippen molar-refractivity contribution in [2.24, 2.45) is 0 Å². The molecule has 0 fully saturated rings. The summed E-state index contributed by atoms with van der Waals surface area (Å²) in [6.07, 6.45) is 0. The number of halogens is 1. The lowest BCUT2D eigenvalue weighted by atomic mass is 10.1. The molecule has 0 saturated heterocycles. The molecule has 4 nitrogen and oxygen atoms in total. The molecule has 1 heterocycles. The van der Waals surface area contributed by atoms with E-state index in [1.807, 2.05) is 0 Å². The maximum Gasteiger partial charge on any atom is 0.248 e. The first-order chi connectivity index (χ1) is 7.70. The summed E-state index contributed by atoms with van der Waals surface area (Å²) in [4.78, 5) is 0. The Hall–Kier alpha value is -1.75. The Morgan fingerprint density at radius 2 is 2.19 bits per heavy atom. The minimum absolute atomic E-state index is 0.267. The average molecular weight is 221 g/mol. The molecule has 0 bridgehead atoms. The van der Waals surface area contributed by atoms with Gasteiger partial charge in [-0.05, 0) is 37.7 Å². The lowest BCUT2D eigenvalue weighted by molar-refractivity contribution is 0.490. The molecular formula is C11H12FN3O. The van der Waals surface area contributed by atoms with Crippen LogP contribution in [0.4, 0.5) is 4.39 Å². The highest BCUT2D eigenvalue weighted by Gasteiger charge is 2.10. The molecule has 0 saturated carbocycles. The van der Waals surface area contributed by atoms with E-state index in [2.05, 4.69) is 15.5 Å². The van der Waals surface area contributed by atoms with Gasteiger partial charge in [0.05, 0.1) is 6.54 Å². The van der Waals surface area contributed by atoms with Crippen molar-refractivity contribution in [2.75, 3.05) is 7.05 Å². The van der Waals surface area contributed by atoms with E-state index in [-0.39, 0.29) is 5.82 Å². The number of nitrogens with one attached hydrogen (secondary N) is 1. The predicted molar refractivity (Wildman–Crippen MR) is 57.2 cm³/mol. The third kappa shape index (κ3) is 2.09. The maximum absolute atomic E-state index is 12.9. The molecule has 0 atom stereocenters. The van der Waals surface area contributed by atoms with Gasteiger partial charge in [-0.25, -0.2) is 4.39 Å². The molecule has 2 rings (SSSR count). The summed E-state index contributed by atoms with van der Waals surface area (Å²) >= 11 is 0. The van der Waals surface area contributed by atoms with Crippen molar-refractivity contribution in [3.63, 3.8) is 0 Å². The second kappa shape index (κ2) is 4.40. The van der Waals surface area contributed by atoms with Crippen molar-refractivity contribution in [3.05, 3.63) is 35.5 Å². The van der Waals surface area contributed by atoms with E-state index >= 15 is 0 Å². The highest BCUT2D eigenvalue weighted by Crippen LogP contribution is 2.22. The van der Waals surface area contributed by atoms with Gasteiger partial charge in [0, 0.05) is 5.56 Å². The van der Waals surface area contributed by atoms with Crippen molar-refractivity contribution in [2.45, 2.75) is 13.5 Å². The van der Waals surface area contributed by atoms with Crippen LogP contribution >= 0.6 is 0 Å². The summed E-state index contributed by atoms with van der Waals surface area (Å²) in [5.41, 5.74) is 1.54. The van der Waals surface area contributed by atoms with E-state index in [0.717, 1.165) is 11.1 Å². The summed E-state index contributed by atoms with van der Waals surface area (Å²) in [7, 11) is 1.80. The van der Waals surface area contributed by atoms with Crippen LogP contribution in [-0.4, -0.2) is 17.2 Å². The monoisotopic (exact) mass is 221 g/mol. The molecule has 1 aromatic heterocycles. The van der Waals surface area contributed by atoms with Gasteiger partial charge in [0.25, 0.3) is 0 Å². The molecule has 0 aliphatic carbocycles. The molecule has 16 heavy (non-hydrogen) atoms. The SMILES string of the molecule is CNCc1nnc(-c2ccc(F)cc2C)o1. The van der Waals surface area contributed by atoms with E-state index in [1.54, 1.807) is 20.0 Å². The minimum atomic E-state index is -0.267. The zero-order chi connectivity index (χ0) is 11.5. The largest absolute Gasteiger partial charge is 0.419 e. The lowest BCUT2D eigenvalue weighted by Gasteiger charge is -1.99. The van der Waals surface area contributed by atoms with Gasteiger partial charge in [-0.1, -0.05) is 0 Å². The van der Waals surface area contributed by atoms with Crippen LogP contribution in [0, 0.1) is 12.7 Å². The summed E-state index contributed by atoms with van der Waals surface area (Å²) < 4.78 is 18.3. The van der Waals surface area contributed by atoms with Crippen LogP contribution in [0.15, 0.2) is 22.6 Å². The fourth-order valence-electron chi connectivity index (χ4n) is 1.45. The van der Waals surface area contributed by atoms with Crippen molar-refractivity contribution >= 4 is 0 Å². The van der Waals surface area contributed by atoms with Crippen LogP contribution in [-0.2, 0) is 6.54 Å². The minimum Gasteiger partial charge on any atom is -0.419 e. The third-order valence-electron chi connectivity index (χ3n) is 2.21. The van der Waals surface area contributed by atoms with Crippen molar-refractivity contribution in [1.29, 1.82) is 0 Å². The lowest BCUT2D eigenvalue weighted by Crippen LogP contribution is -2.04.